The molecule has 19 heavy (non-hydrogen) atoms. The van der Waals surface area contributed by atoms with Crippen molar-refractivity contribution in [3.05, 3.63) is 35.4 Å². The maximum atomic E-state index is 5.91. The minimum atomic E-state index is 0.0622. The first-order valence-electron chi connectivity index (χ1n) is 7.44. The fourth-order valence-electron chi connectivity index (χ4n) is 2.22. The minimum Gasteiger partial charge on any atom is -0.329 e. The molecule has 1 aromatic rings. The molecule has 0 heterocycles. The highest BCUT2D eigenvalue weighted by molar-refractivity contribution is 5.24. The van der Waals surface area contributed by atoms with E-state index in [-0.39, 0.29) is 5.54 Å². The zero-order valence-electron chi connectivity index (χ0n) is 13.2. The van der Waals surface area contributed by atoms with Gasteiger partial charge in [-0.3, -0.25) is 4.90 Å². The van der Waals surface area contributed by atoms with Crippen molar-refractivity contribution in [2.24, 2.45) is 5.73 Å². The van der Waals surface area contributed by atoms with Gasteiger partial charge in [0.2, 0.25) is 0 Å². The second-order valence-electron chi connectivity index (χ2n) is 6.33. The number of nitrogens with two attached hydrogens (primary N) is 1. The molecular weight excluding hydrogens is 232 g/mol. The van der Waals surface area contributed by atoms with Crippen molar-refractivity contribution in [3.63, 3.8) is 0 Å². The summed E-state index contributed by atoms with van der Waals surface area (Å²) < 4.78 is 0. The molecule has 0 atom stereocenters. The smallest absolute Gasteiger partial charge is 0.0278 e. The Labute approximate surface area is 119 Å². The molecule has 0 aliphatic carbocycles. The van der Waals surface area contributed by atoms with Crippen LogP contribution in [0.25, 0.3) is 0 Å². The van der Waals surface area contributed by atoms with Gasteiger partial charge < -0.3 is 5.73 Å². The maximum Gasteiger partial charge on any atom is 0.0278 e. The summed E-state index contributed by atoms with van der Waals surface area (Å²) >= 11 is 0. The molecule has 0 unspecified atom stereocenters. The lowest BCUT2D eigenvalue weighted by atomic mass is 9.99. The molecule has 0 spiro atoms. The second kappa shape index (κ2) is 7.06. The van der Waals surface area contributed by atoms with Crippen LogP contribution >= 0.6 is 0 Å². The van der Waals surface area contributed by atoms with E-state index >= 15 is 0 Å². The van der Waals surface area contributed by atoms with Gasteiger partial charge in [-0.15, -0.1) is 0 Å². The average molecular weight is 262 g/mol. The van der Waals surface area contributed by atoms with E-state index < -0.39 is 0 Å². The van der Waals surface area contributed by atoms with Gasteiger partial charge in [0, 0.05) is 18.6 Å². The predicted octanol–water partition coefficient (Wildman–Crippen LogP) is 3.76. The Balaban J connectivity index is 2.79. The van der Waals surface area contributed by atoms with Crippen LogP contribution in [0.15, 0.2) is 24.3 Å². The molecule has 2 heteroatoms. The van der Waals surface area contributed by atoms with Crippen LogP contribution in [0.5, 0.6) is 0 Å². The van der Waals surface area contributed by atoms with Gasteiger partial charge in [-0.1, -0.05) is 45.0 Å². The summed E-state index contributed by atoms with van der Waals surface area (Å²) in [6.07, 6.45) is 1.16. The van der Waals surface area contributed by atoms with Crippen molar-refractivity contribution in [1.29, 1.82) is 0 Å². The van der Waals surface area contributed by atoms with Crippen LogP contribution in [-0.2, 0) is 6.54 Å². The molecule has 0 aliphatic rings. The van der Waals surface area contributed by atoms with Gasteiger partial charge in [0.15, 0.2) is 0 Å². The Hall–Kier alpha value is -0.860. The summed E-state index contributed by atoms with van der Waals surface area (Å²) in [7, 11) is 0. The summed E-state index contributed by atoms with van der Waals surface area (Å²) in [5.41, 5.74) is 8.76. The number of rotatable bonds is 7. The third-order valence-corrected chi connectivity index (χ3v) is 3.87. The Bertz CT molecular complexity index is 365. The topological polar surface area (TPSA) is 29.3 Å². The lowest BCUT2D eigenvalue weighted by Gasteiger charge is -2.37. The molecule has 108 valence electrons. The quantitative estimate of drug-likeness (QED) is 0.810. The SMILES string of the molecule is CCCN(Cc1ccc(C(C)C)cc1)C(C)(C)CN. The normalized spacial score (nSPS) is 12.4. The fraction of sp³-hybridized carbons (Fsp3) is 0.647. The van der Waals surface area contributed by atoms with Crippen molar-refractivity contribution < 1.29 is 0 Å². The second-order valence-corrected chi connectivity index (χ2v) is 6.33. The van der Waals surface area contributed by atoms with Gasteiger partial charge in [0.05, 0.1) is 0 Å². The summed E-state index contributed by atoms with van der Waals surface area (Å²) in [6, 6.07) is 9.01. The van der Waals surface area contributed by atoms with E-state index in [0.717, 1.165) is 19.5 Å². The van der Waals surface area contributed by atoms with Crippen molar-refractivity contribution >= 4 is 0 Å². The number of hydrogen-bond donors (Lipinski definition) is 1. The van der Waals surface area contributed by atoms with Crippen LogP contribution in [0.2, 0.25) is 0 Å². The van der Waals surface area contributed by atoms with Gasteiger partial charge in [0.1, 0.15) is 0 Å². The predicted molar refractivity (Wildman–Crippen MR) is 84.4 cm³/mol. The molecule has 0 fully saturated rings. The highest BCUT2D eigenvalue weighted by Gasteiger charge is 2.24. The molecule has 0 saturated carbocycles. The molecule has 0 aromatic heterocycles. The first kappa shape index (κ1) is 16.2. The molecule has 0 amide bonds. The Morgan fingerprint density at radius 1 is 1.16 bits per heavy atom. The minimum absolute atomic E-state index is 0.0622. The fourth-order valence-corrected chi connectivity index (χ4v) is 2.22. The zero-order valence-corrected chi connectivity index (χ0v) is 13.2. The van der Waals surface area contributed by atoms with Gasteiger partial charge in [-0.25, -0.2) is 0 Å². The van der Waals surface area contributed by atoms with E-state index in [1.165, 1.54) is 11.1 Å². The first-order chi connectivity index (χ1) is 8.90. The number of hydrogen-bond acceptors (Lipinski definition) is 2. The lowest BCUT2D eigenvalue weighted by Crippen LogP contribution is -2.49. The molecular formula is C17H30N2. The molecule has 1 aromatic carbocycles. The Kier molecular flexibility index (Phi) is 6.02. The summed E-state index contributed by atoms with van der Waals surface area (Å²) in [5.74, 6) is 0.598. The first-order valence-corrected chi connectivity index (χ1v) is 7.44. The van der Waals surface area contributed by atoms with Gasteiger partial charge in [-0.2, -0.15) is 0 Å². The van der Waals surface area contributed by atoms with Crippen molar-refractivity contribution in [2.75, 3.05) is 13.1 Å². The third kappa shape index (κ3) is 4.63. The van der Waals surface area contributed by atoms with E-state index in [0.29, 0.717) is 12.5 Å². The van der Waals surface area contributed by atoms with E-state index in [1.54, 1.807) is 0 Å². The summed E-state index contributed by atoms with van der Waals surface area (Å²) in [4.78, 5) is 2.48. The zero-order chi connectivity index (χ0) is 14.5. The van der Waals surface area contributed by atoms with Crippen molar-refractivity contribution in [3.8, 4) is 0 Å². The summed E-state index contributed by atoms with van der Waals surface area (Å²) in [6.45, 7) is 13.9. The number of nitrogens with zero attached hydrogens (tertiary/aromatic N) is 1. The molecule has 0 saturated heterocycles. The molecule has 1 rings (SSSR count). The highest BCUT2D eigenvalue weighted by atomic mass is 15.2. The maximum absolute atomic E-state index is 5.91. The average Bonchev–Trinajstić information content (AvgIpc) is 2.38. The molecule has 2 nitrogen and oxygen atoms in total. The largest absolute Gasteiger partial charge is 0.329 e. The number of benzene rings is 1. The van der Waals surface area contributed by atoms with E-state index in [9.17, 15) is 0 Å². The van der Waals surface area contributed by atoms with E-state index in [1.807, 2.05) is 0 Å². The van der Waals surface area contributed by atoms with Crippen LogP contribution in [0, 0.1) is 0 Å². The van der Waals surface area contributed by atoms with Crippen molar-refractivity contribution in [1.82, 2.24) is 4.90 Å². The third-order valence-electron chi connectivity index (χ3n) is 3.87. The van der Waals surface area contributed by atoms with Gasteiger partial charge >= 0.3 is 0 Å². The lowest BCUT2D eigenvalue weighted by molar-refractivity contribution is 0.118. The molecule has 0 bridgehead atoms. The summed E-state index contributed by atoms with van der Waals surface area (Å²) in [5, 5.41) is 0. The van der Waals surface area contributed by atoms with Crippen molar-refractivity contribution in [2.45, 2.75) is 59.0 Å². The van der Waals surface area contributed by atoms with Crippen LogP contribution < -0.4 is 5.73 Å². The van der Waals surface area contributed by atoms with E-state index in [2.05, 4.69) is 63.8 Å². The van der Waals surface area contributed by atoms with Crippen LogP contribution in [-0.4, -0.2) is 23.5 Å². The van der Waals surface area contributed by atoms with Crippen LogP contribution in [0.3, 0.4) is 0 Å². The van der Waals surface area contributed by atoms with Crippen LogP contribution in [0.4, 0.5) is 0 Å². The van der Waals surface area contributed by atoms with Gasteiger partial charge in [-0.05, 0) is 43.9 Å². The Morgan fingerprint density at radius 3 is 2.16 bits per heavy atom. The standard InChI is InChI=1S/C17H30N2/c1-6-11-19(17(4,5)13-18)12-15-7-9-16(10-8-15)14(2)3/h7-10,14H,6,11-13,18H2,1-5H3. The molecule has 2 N–H and O–H groups in total. The van der Waals surface area contributed by atoms with E-state index in [4.69, 9.17) is 5.73 Å². The van der Waals surface area contributed by atoms with Gasteiger partial charge in [0.25, 0.3) is 0 Å². The molecule has 0 radical (unpaired) electrons. The van der Waals surface area contributed by atoms with Crippen LogP contribution in [0.1, 0.15) is 58.1 Å². The monoisotopic (exact) mass is 262 g/mol. The Morgan fingerprint density at radius 2 is 1.74 bits per heavy atom. The highest BCUT2D eigenvalue weighted by Crippen LogP contribution is 2.19. The molecule has 0 aliphatic heterocycles.